The lowest BCUT2D eigenvalue weighted by atomic mass is 10.4. The zero-order chi connectivity index (χ0) is 8.97. The molecule has 0 atom stereocenters. The van der Waals surface area contributed by atoms with E-state index in [-0.39, 0.29) is 6.79 Å². The minimum atomic E-state index is 0.243. The Labute approximate surface area is 85.2 Å². The van der Waals surface area contributed by atoms with E-state index in [0.29, 0.717) is 5.88 Å². The molecular formula is C8H10INO2. The second kappa shape index (κ2) is 4.61. The Morgan fingerprint density at radius 3 is 2.92 bits per heavy atom. The largest absolute Gasteiger partial charge is 0.450 e. The molecule has 0 fully saturated rings. The third kappa shape index (κ3) is 2.60. The summed E-state index contributed by atoms with van der Waals surface area (Å²) in [5.74, 6) is 0.637. The van der Waals surface area contributed by atoms with Crippen molar-refractivity contribution in [3.63, 3.8) is 0 Å². The molecule has 66 valence electrons. The van der Waals surface area contributed by atoms with Crippen LogP contribution in [-0.4, -0.2) is 18.9 Å². The molecule has 3 nitrogen and oxygen atoms in total. The highest BCUT2D eigenvalue weighted by Crippen LogP contribution is 2.17. The molecular weight excluding hydrogens is 269 g/mol. The highest BCUT2D eigenvalue weighted by atomic mass is 127. The molecule has 12 heavy (non-hydrogen) atoms. The van der Waals surface area contributed by atoms with E-state index in [2.05, 4.69) is 27.6 Å². The van der Waals surface area contributed by atoms with Crippen molar-refractivity contribution in [2.45, 2.75) is 6.92 Å². The molecule has 0 unspecified atom stereocenters. The van der Waals surface area contributed by atoms with Crippen LogP contribution in [0, 0.1) is 10.5 Å². The SMILES string of the molecule is COCOc1nc(C)ccc1I. The summed E-state index contributed by atoms with van der Waals surface area (Å²) in [5.41, 5.74) is 0.946. The summed E-state index contributed by atoms with van der Waals surface area (Å²) in [6.45, 7) is 2.17. The second-order valence-electron chi connectivity index (χ2n) is 2.29. The van der Waals surface area contributed by atoms with Gasteiger partial charge in [0.05, 0.1) is 3.57 Å². The van der Waals surface area contributed by atoms with Crippen molar-refractivity contribution in [3.8, 4) is 5.88 Å². The highest BCUT2D eigenvalue weighted by Gasteiger charge is 2.01. The van der Waals surface area contributed by atoms with Crippen LogP contribution in [0.3, 0.4) is 0 Å². The molecule has 0 amide bonds. The average molecular weight is 279 g/mol. The van der Waals surface area contributed by atoms with Gasteiger partial charge >= 0.3 is 0 Å². The number of aromatic nitrogens is 1. The third-order valence-corrected chi connectivity index (χ3v) is 2.09. The Kier molecular flexibility index (Phi) is 3.74. The molecule has 0 aliphatic heterocycles. The second-order valence-corrected chi connectivity index (χ2v) is 3.45. The van der Waals surface area contributed by atoms with Crippen LogP contribution in [0.25, 0.3) is 0 Å². The molecule has 1 aromatic rings. The Balaban J connectivity index is 2.75. The van der Waals surface area contributed by atoms with E-state index in [9.17, 15) is 0 Å². The van der Waals surface area contributed by atoms with Gasteiger partial charge in [0.1, 0.15) is 0 Å². The molecule has 0 N–H and O–H groups in total. The average Bonchev–Trinajstić information content (AvgIpc) is 2.07. The van der Waals surface area contributed by atoms with Crippen LogP contribution in [-0.2, 0) is 4.74 Å². The van der Waals surface area contributed by atoms with Crippen molar-refractivity contribution in [3.05, 3.63) is 21.4 Å². The van der Waals surface area contributed by atoms with Crippen LogP contribution in [0.15, 0.2) is 12.1 Å². The van der Waals surface area contributed by atoms with E-state index >= 15 is 0 Å². The van der Waals surface area contributed by atoms with Crippen molar-refractivity contribution in [2.24, 2.45) is 0 Å². The molecule has 0 aromatic carbocycles. The lowest BCUT2D eigenvalue weighted by Gasteiger charge is -2.05. The van der Waals surface area contributed by atoms with Crippen LogP contribution < -0.4 is 4.74 Å². The van der Waals surface area contributed by atoms with E-state index in [0.717, 1.165) is 9.26 Å². The summed E-state index contributed by atoms with van der Waals surface area (Å²) in [5, 5.41) is 0. The summed E-state index contributed by atoms with van der Waals surface area (Å²) in [4.78, 5) is 4.20. The number of nitrogens with zero attached hydrogens (tertiary/aromatic N) is 1. The fraction of sp³-hybridized carbons (Fsp3) is 0.375. The van der Waals surface area contributed by atoms with Gasteiger partial charge < -0.3 is 9.47 Å². The van der Waals surface area contributed by atoms with Crippen molar-refractivity contribution >= 4 is 22.6 Å². The van der Waals surface area contributed by atoms with Gasteiger partial charge in [-0.05, 0) is 41.6 Å². The molecule has 0 spiro atoms. The van der Waals surface area contributed by atoms with Gasteiger partial charge in [-0.15, -0.1) is 0 Å². The van der Waals surface area contributed by atoms with E-state index in [1.807, 2.05) is 19.1 Å². The number of hydrogen-bond donors (Lipinski definition) is 0. The van der Waals surface area contributed by atoms with Crippen LogP contribution in [0.2, 0.25) is 0 Å². The first-order valence-electron chi connectivity index (χ1n) is 3.49. The van der Waals surface area contributed by atoms with Crippen LogP contribution in [0.1, 0.15) is 5.69 Å². The summed E-state index contributed by atoms with van der Waals surface area (Å²) in [7, 11) is 1.59. The standard InChI is InChI=1S/C8H10INO2/c1-6-3-4-7(9)8(10-6)12-5-11-2/h3-4H,5H2,1-2H3. The molecule has 0 bridgehead atoms. The molecule has 4 heteroatoms. The number of aryl methyl sites for hydroxylation is 1. The summed E-state index contributed by atoms with van der Waals surface area (Å²) in [6, 6.07) is 3.91. The smallest absolute Gasteiger partial charge is 0.229 e. The summed E-state index contributed by atoms with van der Waals surface area (Å²) in [6.07, 6.45) is 0. The minimum absolute atomic E-state index is 0.243. The van der Waals surface area contributed by atoms with Crippen LogP contribution in [0.5, 0.6) is 5.88 Å². The number of methoxy groups -OCH3 is 1. The predicted molar refractivity (Wildman–Crippen MR) is 54.2 cm³/mol. The van der Waals surface area contributed by atoms with Gasteiger partial charge in [0, 0.05) is 12.8 Å². The Morgan fingerprint density at radius 1 is 1.50 bits per heavy atom. The first kappa shape index (κ1) is 9.73. The first-order chi connectivity index (χ1) is 5.74. The zero-order valence-electron chi connectivity index (χ0n) is 7.00. The number of ether oxygens (including phenoxy) is 2. The molecule has 1 aromatic heterocycles. The monoisotopic (exact) mass is 279 g/mol. The maximum atomic E-state index is 5.23. The van der Waals surface area contributed by atoms with E-state index in [1.54, 1.807) is 7.11 Å². The van der Waals surface area contributed by atoms with Gasteiger partial charge in [-0.2, -0.15) is 0 Å². The van der Waals surface area contributed by atoms with Gasteiger partial charge in [-0.3, -0.25) is 0 Å². The van der Waals surface area contributed by atoms with Crippen LogP contribution >= 0.6 is 22.6 Å². The van der Waals surface area contributed by atoms with Crippen molar-refractivity contribution in [1.82, 2.24) is 4.98 Å². The van der Waals surface area contributed by atoms with E-state index in [4.69, 9.17) is 9.47 Å². The van der Waals surface area contributed by atoms with Crippen molar-refractivity contribution < 1.29 is 9.47 Å². The predicted octanol–water partition coefficient (Wildman–Crippen LogP) is 1.98. The van der Waals surface area contributed by atoms with Crippen molar-refractivity contribution in [1.29, 1.82) is 0 Å². The normalized spacial score (nSPS) is 9.92. The van der Waals surface area contributed by atoms with Gasteiger partial charge in [0.25, 0.3) is 0 Å². The lowest BCUT2D eigenvalue weighted by Crippen LogP contribution is -2.02. The Morgan fingerprint density at radius 2 is 2.25 bits per heavy atom. The van der Waals surface area contributed by atoms with Gasteiger partial charge in [-0.1, -0.05) is 0 Å². The summed E-state index contributed by atoms with van der Waals surface area (Å²) >= 11 is 2.17. The molecule has 0 saturated carbocycles. The number of rotatable bonds is 3. The minimum Gasteiger partial charge on any atom is -0.450 e. The van der Waals surface area contributed by atoms with E-state index in [1.165, 1.54) is 0 Å². The molecule has 0 aliphatic rings. The maximum absolute atomic E-state index is 5.23. The van der Waals surface area contributed by atoms with Gasteiger partial charge in [-0.25, -0.2) is 4.98 Å². The van der Waals surface area contributed by atoms with E-state index < -0.39 is 0 Å². The maximum Gasteiger partial charge on any atom is 0.229 e. The molecule has 0 saturated heterocycles. The topological polar surface area (TPSA) is 31.4 Å². The summed E-state index contributed by atoms with van der Waals surface area (Å²) < 4.78 is 11.0. The first-order valence-corrected chi connectivity index (χ1v) is 4.57. The third-order valence-electron chi connectivity index (χ3n) is 1.27. The van der Waals surface area contributed by atoms with Crippen molar-refractivity contribution in [2.75, 3.05) is 13.9 Å². The number of hydrogen-bond acceptors (Lipinski definition) is 3. The Hall–Kier alpha value is -0.360. The fourth-order valence-electron chi connectivity index (χ4n) is 0.732. The number of pyridine rings is 1. The van der Waals surface area contributed by atoms with Crippen LogP contribution in [0.4, 0.5) is 0 Å². The zero-order valence-corrected chi connectivity index (χ0v) is 9.16. The number of halogens is 1. The quantitative estimate of drug-likeness (QED) is 0.626. The molecule has 0 aliphatic carbocycles. The molecule has 0 radical (unpaired) electrons. The fourth-order valence-corrected chi connectivity index (χ4v) is 1.19. The van der Waals surface area contributed by atoms with Gasteiger partial charge in [0.15, 0.2) is 6.79 Å². The lowest BCUT2D eigenvalue weighted by molar-refractivity contribution is 0.0470. The molecule has 1 heterocycles. The molecule has 1 rings (SSSR count). The van der Waals surface area contributed by atoms with Gasteiger partial charge in [0.2, 0.25) is 5.88 Å². The Bertz CT molecular complexity index is 265. The highest BCUT2D eigenvalue weighted by molar-refractivity contribution is 14.1.